The van der Waals surface area contributed by atoms with Crippen LogP contribution in [0.4, 0.5) is 0 Å². The summed E-state index contributed by atoms with van der Waals surface area (Å²) in [4.78, 5) is 39.3. The van der Waals surface area contributed by atoms with Crippen LogP contribution >= 0.6 is 0 Å². The number of fused-ring (bicyclic) bond motifs is 3. The minimum atomic E-state index is -0.946. The van der Waals surface area contributed by atoms with E-state index in [4.69, 9.17) is 9.47 Å². The number of esters is 1. The molecule has 3 aromatic carbocycles. The van der Waals surface area contributed by atoms with Crippen LogP contribution in [-0.2, 0) is 14.3 Å². The number of carbonyl (C=O) groups is 3. The monoisotopic (exact) mass is 513 g/mol. The number of benzene rings is 3. The second kappa shape index (κ2) is 11.6. The smallest absolute Gasteiger partial charge is 0.333 e. The van der Waals surface area contributed by atoms with Gasteiger partial charge in [0.25, 0.3) is 5.91 Å². The van der Waals surface area contributed by atoms with Gasteiger partial charge in [0.15, 0.2) is 18.8 Å². The van der Waals surface area contributed by atoms with E-state index in [0.717, 1.165) is 25.9 Å². The Morgan fingerprint density at radius 3 is 2.11 bits per heavy atom. The van der Waals surface area contributed by atoms with Gasteiger partial charge in [-0.3, -0.25) is 9.59 Å². The molecular weight excluding hydrogens is 480 g/mol. The van der Waals surface area contributed by atoms with Gasteiger partial charge in [-0.2, -0.15) is 0 Å². The normalized spacial score (nSPS) is 22.7. The summed E-state index contributed by atoms with van der Waals surface area (Å²) in [6, 6.07) is 26.6. The van der Waals surface area contributed by atoms with Crippen LogP contribution in [-0.4, -0.2) is 61.0 Å². The van der Waals surface area contributed by atoms with Crippen molar-refractivity contribution in [2.45, 2.75) is 25.0 Å². The van der Waals surface area contributed by atoms with Gasteiger partial charge in [0.2, 0.25) is 5.78 Å². The van der Waals surface area contributed by atoms with Crippen molar-refractivity contribution in [1.82, 2.24) is 5.32 Å². The van der Waals surface area contributed by atoms with Gasteiger partial charge in [-0.05, 0) is 17.7 Å². The maximum atomic E-state index is 13.5. The van der Waals surface area contributed by atoms with Crippen molar-refractivity contribution in [3.63, 3.8) is 0 Å². The van der Waals surface area contributed by atoms with Crippen molar-refractivity contribution in [2.75, 3.05) is 32.8 Å². The maximum absolute atomic E-state index is 13.5. The molecule has 0 aromatic heterocycles. The Balaban J connectivity index is 1.25. The molecule has 3 aliphatic heterocycles. The fraction of sp³-hybridized carbons (Fsp3) is 0.323. The number of nitrogens with one attached hydrogen (secondary N) is 1. The van der Waals surface area contributed by atoms with Crippen LogP contribution in [0.25, 0.3) is 0 Å². The van der Waals surface area contributed by atoms with E-state index in [-0.39, 0.29) is 24.4 Å². The van der Waals surface area contributed by atoms with Crippen molar-refractivity contribution in [3.05, 3.63) is 102 Å². The molecule has 7 nitrogen and oxygen atoms in total. The Bertz CT molecular complexity index is 1240. The predicted molar refractivity (Wildman–Crippen MR) is 142 cm³/mol. The summed E-state index contributed by atoms with van der Waals surface area (Å²) >= 11 is 0. The van der Waals surface area contributed by atoms with E-state index in [1.807, 2.05) is 66.7 Å². The zero-order valence-electron chi connectivity index (χ0n) is 21.3. The molecule has 0 spiro atoms. The first-order valence-corrected chi connectivity index (χ1v) is 13.2. The first kappa shape index (κ1) is 25.7. The summed E-state index contributed by atoms with van der Waals surface area (Å²) in [6.45, 7) is 2.62. The molecule has 0 radical (unpaired) electrons. The van der Waals surface area contributed by atoms with E-state index in [1.165, 1.54) is 0 Å². The number of piperidine rings is 3. The first-order valence-electron chi connectivity index (χ1n) is 13.2. The van der Waals surface area contributed by atoms with Crippen molar-refractivity contribution in [1.29, 1.82) is 0 Å². The minimum Gasteiger partial charge on any atom is -0.484 e. The number of amides is 1. The highest BCUT2D eigenvalue weighted by atomic mass is 16.5. The molecule has 38 heavy (non-hydrogen) atoms. The highest BCUT2D eigenvalue weighted by molar-refractivity contribution is 5.97. The van der Waals surface area contributed by atoms with Crippen LogP contribution in [0.2, 0.25) is 0 Å². The third-order valence-electron chi connectivity index (χ3n) is 7.67. The highest BCUT2D eigenvalue weighted by Crippen LogP contribution is 2.36. The molecule has 2 unspecified atom stereocenters. The number of carbonyl (C=O) groups excluding carboxylic acids is 3. The molecule has 3 aromatic rings. The molecule has 3 fully saturated rings. The molecule has 0 saturated carbocycles. The number of hydrogen-bond acceptors (Lipinski definition) is 5. The molecule has 6 rings (SSSR count). The molecular formula is C31H33N2O5+. The largest absolute Gasteiger partial charge is 0.484 e. The zero-order chi connectivity index (χ0) is 26.4. The number of para-hydroxylation sites is 1. The third-order valence-corrected chi connectivity index (χ3v) is 7.67. The van der Waals surface area contributed by atoms with Gasteiger partial charge in [0.05, 0.1) is 13.1 Å². The topological polar surface area (TPSA) is 81.7 Å². The van der Waals surface area contributed by atoms with Crippen LogP contribution in [0.3, 0.4) is 0 Å². The van der Waals surface area contributed by atoms with Crippen molar-refractivity contribution in [2.24, 2.45) is 5.92 Å². The Labute approximate surface area is 223 Å². The van der Waals surface area contributed by atoms with Crippen LogP contribution in [0.15, 0.2) is 91.0 Å². The SMILES string of the molecule is O=C(COc1ccccc1)NC(C(=O)OC1C[N+]2(CC(=O)c3ccccc3)CCC1CC2)c1ccccc1. The summed E-state index contributed by atoms with van der Waals surface area (Å²) in [5.74, 6) is 0.0529. The van der Waals surface area contributed by atoms with E-state index in [2.05, 4.69) is 5.32 Å². The fourth-order valence-electron chi connectivity index (χ4n) is 5.61. The molecule has 196 valence electrons. The minimum absolute atomic E-state index is 0.115. The lowest BCUT2D eigenvalue weighted by atomic mass is 9.82. The molecule has 1 N–H and O–H groups in total. The van der Waals surface area contributed by atoms with Gasteiger partial charge in [-0.25, -0.2) is 4.79 Å². The lowest BCUT2D eigenvalue weighted by molar-refractivity contribution is -0.938. The average Bonchev–Trinajstić information content (AvgIpc) is 2.96. The van der Waals surface area contributed by atoms with Crippen LogP contribution < -0.4 is 10.1 Å². The maximum Gasteiger partial charge on any atom is 0.333 e. The Hall–Kier alpha value is -3.97. The lowest BCUT2D eigenvalue weighted by Crippen LogP contribution is -2.66. The second-order valence-electron chi connectivity index (χ2n) is 10.2. The Morgan fingerprint density at radius 2 is 1.45 bits per heavy atom. The third kappa shape index (κ3) is 6.11. The van der Waals surface area contributed by atoms with Crippen LogP contribution in [0.5, 0.6) is 5.75 Å². The summed E-state index contributed by atoms with van der Waals surface area (Å²) in [5, 5.41) is 2.80. The number of rotatable bonds is 10. The van der Waals surface area contributed by atoms with E-state index in [1.54, 1.807) is 24.3 Å². The van der Waals surface area contributed by atoms with Gasteiger partial charge in [0.1, 0.15) is 18.8 Å². The molecule has 2 bridgehead atoms. The Morgan fingerprint density at radius 1 is 0.842 bits per heavy atom. The average molecular weight is 514 g/mol. The van der Waals surface area contributed by atoms with Gasteiger partial charge >= 0.3 is 5.97 Å². The zero-order valence-corrected chi connectivity index (χ0v) is 21.3. The van der Waals surface area contributed by atoms with Crippen molar-refractivity contribution < 1.29 is 28.3 Å². The Kier molecular flexibility index (Phi) is 7.84. The van der Waals surface area contributed by atoms with Gasteiger partial charge in [-0.1, -0.05) is 78.9 Å². The standard InChI is InChI=1S/C31H32N2O5/c34-27(23-10-4-1-5-11-23)20-33-18-16-24(17-19-33)28(21-33)38-31(36)30(25-12-6-2-7-13-25)32-29(35)22-37-26-14-8-3-9-15-26/h1-15,24,28,30H,16-22H2/p+1. The fourth-order valence-corrected chi connectivity index (χ4v) is 5.61. The van der Waals surface area contributed by atoms with Gasteiger partial charge in [-0.15, -0.1) is 0 Å². The molecule has 1 amide bonds. The second-order valence-corrected chi connectivity index (χ2v) is 10.2. The van der Waals surface area contributed by atoms with Crippen LogP contribution in [0, 0.1) is 5.92 Å². The number of ketones is 1. The first-order chi connectivity index (χ1) is 18.5. The predicted octanol–water partition coefficient (Wildman–Crippen LogP) is 3.96. The van der Waals surface area contributed by atoms with Gasteiger partial charge in [0, 0.05) is 24.3 Å². The molecule has 3 aliphatic rings. The number of quaternary nitrogens is 1. The summed E-state index contributed by atoms with van der Waals surface area (Å²) in [5.41, 5.74) is 1.36. The lowest BCUT2D eigenvalue weighted by Gasteiger charge is -2.51. The molecule has 2 atom stereocenters. The van der Waals surface area contributed by atoms with E-state index < -0.39 is 17.9 Å². The molecule has 3 heterocycles. The number of nitrogens with zero attached hydrogens (tertiary/aromatic N) is 1. The summed E-state index contributed by atoms with van der Waals surface area (Å²) in [7, 11) is 0. The summed E-state index contributed by atoms with van der Waals surface area (Å²) < 4.78 is 12.3. The van der Waals surface area contributed by atoms with Crippen molar-refractivity contribution in [3.8, 4) is 5.75 Å². The quantitative estimate of drug-likeness (QED) is 0.252. The number of Topliss-reactive ketones (excluding diaryl/α,β-unsaturated/α-hetero) is 1. The van der Waals surface area contributed by atoms with Crippen molar-refractivity contribution >= 4 is 17.7 Å². The summed E-state index contributed by atoms with van der Waals surface area (Å²) in [6.07, 6.45) is 1.53. The van der Waals surface area contributed by atoms with Gasteiger partial charge < -0.3 is 19.3 Å². The molecule has 0 aliphatic carbocycles. The van der Waals surface area contributed by atoms with E-state index in [9.17, 15) is 14.4 Å². The number of ether oxygens (including phenoxy) is 2. The van der Waals surface area contributed by atoms with E-state index >= 15 is 0 Å². The highest BCUT2D eigenvalue weighted by Gasteiger charge is 2.49. The van der Waals surface area contributed by atoms with Crippen LogP contribution in [0.1, 0.15) is 34.8 Å². The number of hydrogen-bond donors (Lipinski definition) is 1. The van der Waals surface area contributed by atoms with E-state index in [0.29, 0.717) is 34.4 Å². The molecule has 3 saturated heterocycles. The molecule has 7 heteroatoms.